The molecule has 0 bridgehead atoms. The van der Waals surface area contributed by atoms with Gasteiger partial charge in [0, 0.05) is 17.2 Å². The number of nitro benzene ring substituents is 1. The van der Waals surface area contributed by atoms with E-state index in [2.05, 4.69) is 19.9 Å². The van der Waals surface area contributed by atoms with Gasteiger partial charge in [-0.1, -0.05) is 12.1 Å². The van der Waals surface area contributed by atoms with Crippen LogP contribution in [0.3, 0.4) is 0 Å². The second-order valence-electron chi connectivity index (χ2n) is 5.25. The van der Waals surface area contributed by atoms with E-state index >= 15 is 0 Å². The third kappa shape index (κ3) is 3.48. The van der Waals surface area contributed by atoms with E-state index < -0.39 is 28.7 Å². The molecule has 11 nitrogen and oxygen atoms in total. The number of aliphatic carboxylic acids is 1. The number of carboxylic acids is 1. The fraction of sp³-hybridized carbons (Fsp3) is 0.267. The second kappa shape index (κ2) is 7.39. The Morgan fingerprint density at radius 3 is 2.69 bits per heavy atom. The van der Waals surface area contributed by atoms with Crippen molar-refractivity contribution >= 4 is 17.6 Å². The number of carboxylic acid groups (broad SMARTS) is 1. The highest BCUT2D eigenvalue weighted by molar-refractivity contribution is 5.86. The quantitative estimate of drug-likeness (QED) is 0.436. The van der Waals surface area contributed by atoms with Crippen LogP contribution in [0.25, 0.3) is 11.4 Å². The number of aromatic nitrogens is 3. The van der Waals surface area contributed by atoms with E-state index in [9.17, 15) is 24.8 Å². The van der Waals surface area contributed by atoms with Crippen LogP contribution in [0.15, 0.2) is 18.2 Å². The first-order valence-corrected chi connectivity index (χ1v) is 7.18. The lowest BCUT2D eigenvalue weighted by molar-refractivity contribution is -0.385. The molecule has 0 aliphatic rings. The molecule has 0 saturated heterocycles. The molecule has 0 saturated carbocycles. The number of nitriles is 1. The molecule has 11 heteroatoms. The molecule has 2 rings (SSSR count). The van der Waals surface area contributed by atoms with Crippen LogP contribution in [0.2, 0.25) is 0 Å². The molecule has 2 N–H and O–H groups in total. The fourth-order valence-electron chi connectivity index (χ4n) is 2.30. The smallest absolute Gasteiger partial charge is 0.324 e. The van der Waals surface area contributed by atoms with Crippen molar-refractivity contribution in [1.82, 2.24) is 15.2 Å². The molecule has 26 heavy (non-hydrogen) atoms. The van der Waals surface area contributed by atoms with E-state index in [0.29, 0.717) is 5.56 Å². The number of aryl methyl sites for hydroxylation is 1. The van der Waals surface area contributed by atoms with Gasteiger partial charge in [-0.2, -0.15) is 10.4 Å². The van der Waals surface area contributed by atoms with Crippen molar-refractivity contribution in [3.8, 4) is 17.5 Å². The van der Waals surface area contributed by atoms with Crippen LogP contribution in [0, 0.1) is 34.3 Å². The Bertz CT molecular complexity index is 915. The van der Waals surface area contributed by atoms with Crippen molar-refractivity contribution in [2.45, 2.75) is 12.8 Å². The third-order valence-corrected chi connectivity index (χ3v) is 3.65. The molecule has 0 aliphatic heterocycles. The number of H-pyrrole nitrogens is 1. The van der Waals surface area contributed by atoms with Crippen molar-refractivity contribution in [1.29, 1.82) is 5.26 Å². The zero-order chi connectivity index (χ0) is 19.4. The zero-order valence-electron chi connectivity index (χ0n) is 13.7. The maximum absolute atomic E-state index is 11.7. The number of carbonyl (C=O) groups is 2. The number of nitrogens with one attached hydrogen (secondary N) is 1. The number of ether oxygens (including phenoxy) is 1. The first kappa shape index (κ1) is 18.5. The Morgan fingerprint density at radius 1 is 1.46 bits per heavy atom. The molecule has 1 aromatic heterocycles. The summed E-state index contributed by atoms with van der Waals surface area (Å²) in [4.78, 5) is 37.6. The lowest BCUT2D eigenvalue weighted by Gasteiger charge is -2.13. The lowest BCUT2D eigenvalue weighted by Crippen LogP contribution is -2.29. The van der Waals surface area contributed by atoms with Crippen molar-refractivity contribution in [2.75, 3.05) is 7.11 Å². The zero-order valence-corrected chi connectivity index (χ0v) is 13.7. The van der Waals surface area contributed by atoms with E-state index in [-0.39, 0.29) is 22.9 Å². The van der Waals surface area contributed by atoms with Crippen molar-refractivity contribution in [3.05, 3.63) is 39.7 Å². The topological polar surface area (TPSA) is 172 Å². The molecular weight excluding hydrogens is 346 g/mol. The van der Waals surface area contributed by atoms with E-state index in [1.807, 2.05) is 0 Å². The molecule has 0 radical (unpaired) electrons. The van der Waals surface area contributed by atoms with Crippen molar-refractivity contribution in [2.24, 2.45) is 5.92 Å². The van der Waals surface area contributed by atoms with Crippen LogP contribution in [-0.4, -0.2) is 44.3 Å². The second-order valence-corrected chi connectivity index (χ2v) is 5.25. The van der Waals surface area contributed by atoms with Gasteiger partial charge < -0.3 is 9.84 Å². The first-order chi connectivity index (χ1) is 12.3. The number of esters is 1. The van der Waals surface area contributed by atoms with Gasteiger partial charge in [0.05, 0.1) is 18.1 Å². The van der Waals surface area contributed by atoms with Crippen LogP contribution in [0.5, 0.6) is 0 Å². The number of carbonyl (C=O) groups excluding carboxylic acids is 1. The van der Waals surface area contributed by atoms with Crippen LogP contribution in [0.1, 0.15) is 17.3 Å². The number of nitro groups is 1. The maximum Gasteiger partial charge on any atom is 0.324 e. The van der Waals surface area contributed by atoms with Gasteiger partial charge in [0.1, 0.15) is 11.7 Å². The van der Waals surface area contributed by atoms with E-state index in [1.54, 1.807) is 13.0 Å². The van der Waals surface area contributed by atoms with E-state index in [1.165, 1.54) is 18.2 Å². The van der Waals surface area contributed by atoms with Crippen molar-refractivity contribution < 1.29 is 24.4 Å². The number of nitrogens with zero attached hydrogens (tertiary/aromatic N) is 4. The first-order valence-electron chi connectivity index (χ1n) is 7.18. The number of rotatable bonds is 6. The molecular formula is C15H13N5O6. The minimum Gasteiger partial charge on any atom is -0.481 e. The van der Waals surface area contributed by atoms with Gasteiger partial charge in [-0.15, -0.1) is 0 Å². The minimum absolute atomic E-state index is 0.00379. The van der Waals surface area contributed by atoms with Crippen LogP contribution in [-0.2, 0) is 14.3 Å². The van der Waals surface area contributed by atoms with Gasteiger partial charge >= 0.3 is 11.9 Å². The molecule has 1 heterocycles. The Balaban J connectivity index is 2.46. The van der Waals surface area contributed by atoms with Crippen LogP contribution in [0.4, 0.5) is 5.69 Å². The Morgan fingerprint density at radius 2 is 2.15 bits per heavy atom. The highest BCUT2D eigenvalue weighted by Gasteiger charge is 2.39. The molecule has 2 aromatic rings. The Kier molecular flexibility index (Phi) is 5.27. The number of hydrogen-bond acceptors (Lipinski definition) is 8. The summed E-state index contributed by atoms with van der Waals surface area (Å²) in [6.45, 7) is 1.57. The number of aromatic amines is 1. The summed E-state index contributed by atoms with van der Waals surface area (Å²) in [5.74, 6) is -6.01. The summed E-state index contributed by atoms with van der Waals surface area (Å²) >= 11 is 0. The molecule has 134 valence electrons. The number of hydrogen-bond donors (Lipinski definition) is 2. The largest absolute Gasteiger partial charge is 0.481 e. The average Bonchev–Trinajstić information content (AvgIpc) is 3.07. The fourth-order valence-corrected chi connectivity index (χ4v) is 2.30. The van der Waals surface area contributed by atoms with Crippen molar-refractivity contribution in [3.63, 3.8) is 0 Å². The SMILES string of the molecule is COC(=O)C(C#N)C(C(=O)O)c1nc(-c2ccc(C)c([N+](=O)[O-])c2)n[nH]1. The minimum atomic E-state index is -1.63. The van der Waals surface area contributed by atoms with Gasteiger partial charge in [0.2, 0.25) is 0 Å². The van der Waals surface area contributed by atoms with Gasteiger partial charge in [0.25, 0.3) is 5.69 Å². The van der Waals surface area contributed by atoms with Gasteiger partial charge in [-0.25, -0.2) is 4.98 Å². The summed E-state index contributed by atoms with van der Waals surface area (Å²) in [5, 5.41) is 35.7. The maximum atomic E-state index is 11.7. The summed E-state index contributed by atoms with van der Waals surface area (Å²) in [7, 11) is 1.03. The van der Waals surface area contributed by atoms with E-state index in [0.717, 1.165) is 7.11 Å². The highest BCUT2D eigenvalue weighted by Crippen LogP contribution is 2.28. The Hall–Kier alpha value is -3.81. The third-order valence-electron chi connectivity index (χ3n) is 3.65. The van der Waals surface area contributed by atoms with Crippen LogP contribution >= 0.6 is 0 Å². The van der Waals surface area contributed by atoms with Gasteiger partial charge in [-0.05, 0) is 6.92 Å². The molecule has 2 atom stereocenters. The molecule has 0 amide bonds. The number of benzene rings is 1. The monoisotopic (exact) mass is 359 g/mol. The lowest BCUT2D eigenvalue weighted by atomic mass is 9.93. The molecule has 1 aromatic carbocycles. The predicted molar refractivity (Wildman–Crippen MR) is 84.7 cm³/mol. The molecule has 0 fully saturated rings. The normalized spacial score (nSPS) is 12.7. The van der Waals surface area contributed by atoms with Crippen LogP contribution < -0.4 is 0 Å². The summed E-state index contributed by atoms with van der Waals surface area (Å²) < 4.78 is 4.44. The highest BCUT2D eigenvalue weighted by atomic mass is 16.6. The van der Waals surface area contributed by atoms with E-state index in [4.69, 9.17) is 5.26 Å². The average molecular weight is 359 g/mol. The summed E-state index contributed by atoms with van der Waals surface area (Å²) in [5.41, 5.74) is 0.571. The van der Waals surface area contributed by atoms with Gasteiger partial charge in [-0.3, -0.25) is 24.8 Å². The summed E-state index contributed by atoms with van der Waals surface area (Å²) in [6.07, 6.45) is 0. The van der Waals surface area contributed by atoms with Gasteiger partial charge in [0.15, 0.2) is 11.7 Å². The summed E-state index contributed by atoms with van der Waals surface area (Å²) in [6, 6.07) is 5.87. The standard InChI is InChI=1S/C15H13N5O6/c1-7-3-4-8(5-10(7)20(24)25)12-17-13(19-18-12)11(14(21)22)9(6-16)15(23)26-2/h3-5,9,11H,1-2H3,(H,21,22)(H,17,18,19). The number of methoxy groups -OCH3 is 1. The Labute approximate surface area is 146 Å². The molecule has 0 spiro atoms. The molecule has 2 unspecified atom stereocenters. The molecule has 0 aliphatic carbocycles. The predicted octanol–water partition coefficient (Wildman–Crippen LogP) is 1.17.